The van der Waals surface area contributed by atoms with Crippen LogP contribution < -0.4 is 10.6 Å². The molecule has 0 atom stereocenters. The highest BCUT2D eigenvalue weighted by Crippen LogP contribution is 2.44. The molecule has 3 amide bonds. The molecule has 1 heterocycles. The molecule has 2 aliphatic rings. The maximum absolute atomic E-state index is 13.1. The largest absolute Gasteiger partial charge is 0.352 e. The minimum atomic E-state index is -0.358. The number of urea groups is 1. The Bertz CT molecular complexity index is 810. The number of rotatable bonds is 4. The number of carbonyl (C=O) groups is 2. The van der Waals surface area contributed by atoms with Gasteiger partial charge in [-0.05, 0) is 43.4 Å². The van der Waals surface area contributed by atoms with Gasteiger partial charge in [-0.15, -0.1) is 0 Å². The van der Waals surface area contributed by atoms with Crippen LogP contribution in [0.2, 0.25) is 0 Å². The molecule has 1 aliphatic carbocycles. The Morgan fingerprint density at radius 3 is 2.07 bits per heavy atom. The van der Waals surface area contributed by atoms with E-state index in [2.05, 4.69) is 22.8 Å². The second kappa shape index (κ2) is 8.05. The normalized spacial score (nSPS) is 18.8. The summed E-state index contributed by atoms with van der Waals surface area (Å²) in [6, 6.07) is 19.7. The van der Waals surface area contributed by atoms with Gasteiger partial charge in [-0.2, -0.15) is 0 Å². The maximum atomic E-state index is 13.1. The number of hydrogen-bond acceptors (Lipinski definition) is 2. The Kier molecular flexibility index (Phi) is 5.33. The van der Waals surface area contributed by atoms with Crippen LogP contribution in [0.15, 0.2) is 60.7 Å². The molecule has 1 saturated heterocycles. The van der Waals surface area contributed by atoms with E-state index in [-0.39, 0.29) is 23.4 Å². The molecule has 1 aliphatic heterocycles. The van der Waals surface area contributed by atoms with Gasteiger partial charge in [-0.1, -0.05) is 55.0 Å². The monoisotopic (exact) mass is 377 g/mol. The SMILES string of the molecule is O=C(Nc1ccccc1)N1CCC(NC(=O)C2(c3ccccc3)CCC2)CC1. The number of likely N-dealkylation sites (tertiary alicyclic amines) is 1. The second-order valence-corrected chi connectivity index (χ2v) is 7.83. The van der Waals surface area contributed by atoms with E-state index in [1.54, 1.807) is 0 Å². The number of carbonyl (C=O) groups excluding carboxylic acids is 2. The molecule has 2 aromatic carbocycles. The summed E-state index contributed by atoms with van der Waals surface area (Å²) in [6.45, 7) is 1.31. The van der Waals surface area contributed by atoms with Crippen molar-refractivity contribution in [3.8, 4) is 0 Å². The van der Waals surface area contributed by atoms with Crippen molar-refractivity contribution >= 4 is 17.6 Å². The van der Waals surface area contributed by atoms with E-state index in [1.165, 1.54) is 0 Å². The van der Waals surface area contributed by atoms with E-state index >= 15 is 0 Å². The van der Waals surface area contributed by atoms with Gasteiger partial charge in [0.05, 0.1) is 5.41 Å². The van der Waals surface area contributed by atoms with Gasteiger partial charge in [0.2, 0.25) is 5.91 Å². The van der Waals surface area contributed by atoms with Crippen LogP contribution >= 0.6 is 0 Å². The molecule has 2 fully saturated rings. The lowest BCUT2D eigenvalue weighted by atomic mass is 9.63. The first-order valence-corrected chi connectivity index (χ1v) is 10.1. The quantitative estimate of drug-likeness (QED) is 0.848. The number of amides is 3. The molecule has 0 aromatic heterocycles. The summed E-state index contributed by atoms with van der Waals surface area (Å²) >= 11 is 0. The van der Waals surface area contributed by atoms with Crippen molar-refractivity contribution in [1.29, 1.82) is 0 Å². The predicted octanol–water partition coefficient (Wildman–Crippen LogP) is 3.92. The van der Waals surface area contributed by atoms with Gasteiger partial charge in [0, 0.05) is 24.8 Å². The Morgan fingerprint density at radius 1 is 0.893 bits per heavy atom. The molecule has 4 rings (SSSR count). The summed E-state index contributed by atoms with van der Waals surface area (Å²) in [5.41, 5.74) is 1.57. The lowest BCUT2D eigenvalue weighted by molar-refractivity contribution is -0.131. The number of anilines is 1. The van der Waals surface area contributed by atoms with Crippen LogP contribution in [0.5, 0.6) is 0 Å². The highest BCUT2D eigenvalue weighted by molar-refractivity contribution is 5.90. The Labute approximate surface area is 166 Å². The molecule has 2 N–H and O–H groups in total. The molecule has 0 bridgehead atoms. The van der Waals surface area contributed by atoms with Crippen molar-refractivity contribution in [2.24, 2.45) is 0 Å². The summed E-state index contributed by atoms with van der Waals surface area (Å²) in [4.78, 5) is 27.3. The lowest BCUT2D eigenvalue weighted by Gasteiger charge is -2.42. The topological polar surface area (TPSA) is 61.4 Å². The van der Waals surface area contributed by atoms with Crippen molar-refractivity contribution in [3.63, 3.8) is 0 Å². The van der Waals surface area contributed by atoms with E-state index in [9.17, 15) is 9.59 Å². The van der Waals surface area contributed by atoms with E-state index in [0.29, 0.717) is 13.1 Å². The van der Waals surface area contributed by atoms with Crippen LogP contribution in [0.4, 0.5) is 10.5 Å². The predicted molar refractivity (Wildman–Crippen MR) is 110 cm³/mol. The third kappa shape index (κ3) is 3.75. The summed E-state index contributed by atoms with van der Waals surface area (Å²) in [5, 5.41) is 6.20. The fourth-order valence-corrected chi connectivity index (χ4v) is 4.21. The Balaban J connectivity index is 1.31. The molecule has 1 saturated carbocycles. The molecule has 5 nitrogen and oxygen atoms in total. The standard InChI is InChI=1S/C23H27N3O2/c27-21(23(14-7-15-23)18-8-3-1-4-9-18)24-20-12-16-26(17-13-20)22(28)25-19-10-5-2-6-11-19/h1-6,8-11,20H,7,12-17H2,(H,24,27)(H,25,28). The summed E-state index contributed by atoms with van der Waals surface area (Å²) in [5.74, 6) is 0.150. The van der Waals surface area contributed by atoms with Crippen LogP contribution in [0.25, 0.3) is 0 Å². The number of benzene rings is 2. The van der Waals surface area contributed by atoms with Crippen molar-refractivity contribution in [2.45, 2.75) is 43.6 Å². The van der Waals surface area contributed by atoms with Crippen LogP contribution in [0.1, 0.15) is 37.7 Å². The second-order valence-electron chi connectivity index (χ2n) is 7.83. The molecular formula is C23H27N3O2. The van der Waals surface area contributed by atoms with Crippen molar-refractivity contribution < 1.29 is 9.59 Å². The molecule has 28 heavy (non-hydrogen) atoms. The number of nitrogens with zero attached hydrogens (tertiary/aromatic N) is 1. The third-order valence-electron chi connectivity index (χ3n) is 6.11. The van der Waals surface area contributed by atoms with Crippen LogP contribution in [0, 0.1) is 0 Å². The number of hydrogen-bond donors (Lipinski definition) is 2. The zero-order valence-electron chi connectivity index (χ0n) is 16.1. The zero-order valence-corrected chi connectivity index (χ0v) is 16.1. The van der Waals surface area contributed by atoms with Gasteiger partial charge >= 0.3 is 6.03 Å². The smallest absolute Gasteiger partial charge is 0.321 e. The lowest BCUT2D eigenvalue weighted by Crippen LogP contribution is -2.54. The van der Waals surface area contributed by atoms with E-state index in [1.807, 2.05) is 53.4 Å². The molecule has 5 heteroatoms. The molecular weight excluding hydrogens is 350 g/mol. The maximum Gasteiger partial charge on any atom is 0.321 e. The summed E-state index contributed by atoms with van der Waals surface area (Å²) in [6.07, 6.45) is 4.51. The van der Waals surface area contributed by atoms with Crippen molar-refractivity contribution in [3.05, 3.63) is 66.2 Å². The fourth-order valence-electron chi connectivity index (χ4n) is 4.21. The minimum absolute atomic E-state index is 0.0734. The van der Waals surface area contributed by atoms with Crippen LogP contribution in [-0.2, 0) is 10.2 Å². The van der Waals surface area contributed by atoms with Crippen LogP contribution in [0.3, 0.4) is 0 Å². The first-order chi connectivity index (χ1) is 13.7. The fraction of sp³-hybridized carbons (Fsp3) is 0.391. The minimum Gasteiger partial charge on any atom is -0.352 e. The molecule has 0 radical (unpaired) electrons. The number of nitrogens with one attached hydrogen (secondary N) is 2. The van der Waals surface area contributed by atoms with Gasteiger partial charge in [0.15, 0.2) is 0 Å². The average molecular weight is 377 g/mol. The first-order valence-electron chi connectivity index (χ1n) is 10.1. The third-order valence-corrected chi connectivity index (χ3v) is 6.11. The number of para-hydroxylation sites is 1. The average Bonchev–Trinajstić information content (AvgIpc) is 2.69. The highest BCUT2D eigenvalue weighted by Gasteiger charge is 2.46. The Hall–Kier alpha value is -2.82. The zero-order chi connectivity index (χ0) is 19.4. The van der Waals surface area contributed by atoms with Crippen molar-refractivity contribution in [1.82, 2.24) is 10.2 Å². The summed E-state index contributed by atoms with van der Waals surface area (Å²) in [7, 11) is 0. The molecule has 146 valence electrons. The number of piperidine rings is 1. The Morgan fingerprint density at radius 2 is 1.50 bits per heavy atom. The van der Waals surface area contributed by atoms with E-state index in [0.717, 1.165) is 43.4 Å². The van der Waals surface area contributed by atoms with E-state index in [4.69, 9.17) is 0 Å². The van der Waals surface area contributed by atoms with E-state index < -0.39 is 0 Å². The molecule has 2 aromatic rings. The highest BCUT2D eigenvalue weighted by atomic mass is 16.2. The molecule has 0 unspecified atom stereocenters. The van der Waals surface area contributed by atoms with Crippen molar-refractivity contribution in [2.75, 3.05) is 18.4 Å². The van der Waals surface area contributed by atoms with Gasteiger partial charge < -0.3 is 15.5 Å². The van der Waals surface area contributed by atoms with Gasteiger partial charge in [0.1, 0.15) is 0 Å². The first kappa shape index (κ1) is 18.5. The van der Waals surface area contributed by atoms with Gasteiger partial charge in [-0.25, -0.2) is 4.79 Å². The van der Waals surface area contributed by atoms with Crippen LogP contribution in [-0.4, -0.2) is 36.0 Å². The van der Waals surface area contributed by atoms with Gasteiger partial charge in [0.25, 0.3) is 0 Å². The van der Waals surface area contributed by atoms with Gasteiger partial charge in [-0.3, -0.25) is 4.79 Å². The summed E-state index contributed by atoms with van der Waals surface area (Å²) < 4.78 is 0. The molecule has 0 spiro atoms.